The molecule has 1 aliphatic heterocycles. The molecule has 0 bridgehead atoms. The van der Waals surface area contributed by atoms with Crippen LogP contribution in [0.15, 0.2) is 12.1 Å². The van der Waals surface area contributed by atoms with Crippen molar-refractivity contribution in [2.24, 2.45) is 0 Å². The number of nitro groups is 1. The summed E-state index contributed by atoms with van der Waals surface area (Å²) in [5.41, 5.74) is -0.00661. The fourth-order valence-electron chi connectivity index (χ4n) is 2.26. The van der Waals surface area contributed by atoms with Crippen LogP contribution in [0.2, 0.25) is 0 Å². The maximum atomic E-state index is 11.1. The highest BCUT2D eigenvalue weighted by Gasteiger charge is 2.19. The van der Waals surface area contributed by atoms with Gasteiger partial charge in [0.2, 0.25) is 5.82 Å². The molecule has 1 fully saturated rings. The van der Waals surface area contributed by atoms with Gasteiger partial charge in [-0.3, -0.25) is 10.1 Å². The van der Waals surface area contributed by atoms with E-state index < -0.39 is 4.92 Å². The second-order valence-electron chi connectivity index (χ2n) is 5.12. The van der Waals surface area contributed by atoms with Crippen molar-refractivity contribution in [2.45, 2.75) is 38.7 Å². The quantitative estimate of drug-likeness (QED) is 0.593. The first-order valence-electron chi connectivity index (χ1n) is 7.45. The third-order valence-electron chi connectivity index (χ3n) is 3.40. The molecule has 0 radical (unpaired) electrons. The fraction of sp³-hybridized carbons (Fsp3) is 0.643. The third kappa shape index (κ3) is 4.56. The molecular formula is C14H22N4O3. The van der Waals surface area contributed by atoms with Crippen LogP contribution in [-0.4, -0.2) is 35.7 Å². The van der Waals surface area contributed by atoms with Crippen LogP contribution in [-0.2, 0) is 4.74 Å². The molecule has 2 N–H and O–H groups in total. The molecule has 1 aliphatic rings. The maximum absolute atomic E-state index is 11.1. The lowest BCUT2D eigenvalue weighted by atomic mass is 10.1. The Hall–Kier alpha value is -1.89. The predicted molar refractivity (Wildman–Crippen MR) is 81.8 cm³/mol. The van der Waals surface area contributed by atoms with Gasteiger partial charge in [-0.15, -0.1) is 0 Å². The first-order chi connectivity index (χ1) is 10.2. The SMILES string of the molecule is CCCNc1ccc([N+](=O)[O-])c(NCC2CCCCO2)n1. The Labute approximate surface area is 124 Å². The Balaban J connectivity index is 2.04. The molecular weight excluding hydrogens is 272 g/mol. The molecule has 2 rings (SSSR count). The standard InChI is InChI=1S/C14H22N4O3/c1-2-8-15-13-7-6-12(18(19)20)14(17-13)16-10-11-5-3-4-9-21-11/h6-7,11H,2-5,8-10H2,1H3,(H2,15,16,17). The molecule has 2 heterocycles. The van der Waals surface area contributed by atoms with Crippen LogP contribution in [0, 0.1) is 10.1 Å². The van der Waals surface area contributed by atoms with Crippen molar-refractivity contribution in [3.63, 3.8) is 0 Å². The molecule has 0 spiro atoms. The molecule has 0 aromatic carbocycles. The van der Waals surface area contributed by atoms with Crippen LogP contribution in [0.25, 0.3) is 0 Å². The number of rotatable bonds is 7. The van der Waals surface area contributed by atoms with Gasteiger partial charge in [-0.05, 0) is 31.7 Å². The normalized spacial score (nSPS) is 18.2. The third-order valence-corrected chi connectivity index (χ3v) is 3.40. The zero-order valence-corrected chi connectivity index (χ0v) is 12.3. The number of nitrogens with one attached hydrogen (secondary N) is 2. The molecule has 1 unspecified atom stereocenters. The van der Waals surface area contributed by atoms with Crippen LogP contribution in [0.5, 0.6) is 0 Å². The summed E-state index contributed by atoms with van der Waals surface area (Å²) in [4.78, 5) is 15.0. The summed E-state index contributed by atoms with van der Waals surface area (Å²) in [6.45, 7) is 4.15. The minimum absolute atomic E-state index is 0.00661. The average Bonchev–Trinajstić information content (AvgIpc) is 2.51. The Morgan fingerprint density at radius 3 is 2.95 bits per heavy atom. The average molecular weight is 294 g/mol. The molecule has 21 heavy (non-hydrogen) atoms. The summed E-state index contributed by atoms with van der Waals surface area (Å²) in [6, 6.07) is 3.12. The number of ether oxygens (including phenoxy) is 1. The van der Waals surface area contributed by atoms with Crippen LogP contribution in [0.1, 0.15) is 32.6 Å². The molecule has 1 aromatic heterocycles. The van der Waals surface area contributed by atoms with Crippen LogP contribution >= 0.6 is 0 Å². The van der Waals surface area contributed by atoms with E-state index in [2.05, 4.69) is 22.5 Å². The number of nitrogens with zero attached hydrogens (tertiary/aromatic N) is 2. The molecule has 0 saturated carbocycles. The van der Waals surface area contributed by atoms with E-state index >= 15 is 0 Å². The lowest BCUT2D eigenvalue weighted by Gasteiger charge is -2.23. The topological polar surface area (TPSA) is 89.3 Å². The summed E-state index contributed by atoms with van der Waals surface area (Å²) in [6.07, 6.45) is 4.28. The molecule has 7 nitrogen and oxygen atoms in total. The van der Waals surface area contributed by atoms with Crippen molar-refractivity contribution in [3.05, 3.63) is 22.2 Å². The largest absolute Gasteiger partial charge is 0.376 e. The zero-order valence-electron chi connectivity index (χ0n) is 12.3. The summed E-state index contributed by atoms with van der Waals surface area (Å²) in [5, 5.41) is 17.3. The van der Waals surface area contributed by atoms with Gasteiger partial charge in [0, 0.05) is 25.8 Å². The van der Waals surface area contributed by atoms with Gasteiger partial charge < -0.3 is 15.4 Å². The van der Waals surface area contributed by atoms with Gasteiger partial charge in [0.25, 0.3) is 0 Å². The van der Waals surface area contributed by atoms with E-state index in [9.17, 15) is 10.1 Å². The minimum atomic E-state index is -0.416. The Kier molecular flexibility index (Phi) is 5.74. The summed E-state index contributed by atoms with van der Waals surface area (Å²) < 4.78 is 5.62. The Morgan fingerprint density at radius 2 is 2.29 bits per heavy atom. The first kappa shape index (κ1) is 15.5. The van der Waals surface area contributed by atoms with Crippen molar-refractivity contribution >= 4 is 17.3 Å². The molecule has 0 aliphatic carbocycles. The van der Waals surface area contributed by atoms with Gasteiger partial charge in [0.1, 0.15) is 5.82 Å². The Bertz CT molecular complexity index is 475. The molecule has 7 heteroatoms. The second kappa shape index (κ2) is 7.78. The van der Waals surface area contributed by atoms with Gasteiger partial charge in [0.15, 0.2) is 0 Å². The van der Waals surface area contributed by atoms with Crippen LogP contribution in [0.4, 0.5) is 17.3 Å². The van der Waals surface area contributed by atoms with Gasteiger partial charge in [0.05, 0.1) is 11.0 Å². The monoisotopic (exact) mass is 294 g/mol. The summed E-state index contributed by atoms with van der Waals surface area (Å²) >= 11 is 0. The number of hydrogen-bond donors (Lipinski definition) is 2. The number of anilines is 2. The van der Waals surface area contributed by atoms with Gasteiger partial charge in [-0.25, -0.2) is 4.98 Å². The Morgan fingerprint density at radius 1 is 1.43 bits per heavy atom. The maximum Gasteiger partial charge on any atom is 0.311 e. The van der Waals surface area contributed by atoms with Crippen molar-refractivity contribution in [3.8, 4) is 0 Å². The lowest BCUT2D eigenvalue weighted by molar-refractivity contribution is -0.384. The first-order valence-corrected chi connectivity index (χ1v) is 7.45. The van der Waals surface area contributed by atoms with E-state index in [-0.39, 0.29) is 11.8 Å². The minimum Gasteiger partial charge on any atom is -0.376 e. The summed E-state index contributed by atoms with van der Waals surface area (Å²) in [7, 11) is 0. The van der Waals surface area contributed by atoms with Gasteiger partial charge in [-0.1, -0.05) is 6.92 Å². The fourth-order valence-corrected chi connectivity index (χ4v) is 2.26. The zero-order chi connectivity index (χ0) is 15.1. The highest BCUT2D eigenvalue weighted by Crippen LogP contribution is 2.24. The van der Waals surface area contributed by atoms with Crippen LogP contribution in [0.3, 0.4) is 0 Å². The molecule has 0 amide bonds. The van der Waals surface area contributed by atoms with Crippen LogP contribution < -0.4 is 10.6 Å². The van der Waals surface area contributed by atoms with Crippen molar-refractivity contribution < 1.29 is 9.66 Å². The highest BCUT2D eigenvalue weighted by molar-refractivity contribution is 5.60. The smallest absolute Gasteiger partial charge is 0.311 e. The predicted octanol–water partition coefficient (Wildman–Crippen LogP) is 2.79. The molecule has 1 aromatic rings. The number of hydrogen-bond acceptors (Lipinski definition) is 6. The van der Waals surface area contributed by atoms with E-state index in [0.717, 1.165) is 38.8 Å². The van der Waals surface area contributed by atoms with Crippen molar-refractivity contribution in [1.82, 2.24) is 4.98 Å². The highest BCUT2D eigenvalue weighted by atomic mass is 16.6. The summed E-state index contributed by atoms with van der Waals surface area (Å²) in [5.74, 6) is 0.949. The molecule has 1 saturated heterocycles. The van der Waals surface area contributed by atoms with Crippen molar-refractivity contribution in [1.29, 1.82) is 0 Å². The van der Waals surface area contributed by atoms with Gasteiger partial charge in [-0.2, -0.15) is 0 Å². The van der Waals surface area contributed by atoms with E-state index in [1.165, 1.54) is 6.07 Å². The number of pyridine rings is 1. The second-order valence-corrected chi connectivity index (χ2v) is 5.12. The van der Waals surface area contributed by atoms with E-state index in [1.54, 1.807) is 6.07 Å². The van der Waals surface area contributed by atoms with E-state index in [4.69, 9.17) is 4.74 Å². The van der Waals surface area contributed by atoms with Gasteiger partial charge >= 0.3 is 5.69 Å². The van der Waals surface area contributed by atoms with E-state index in [1.807, 2.05) is 0 Å². The molecule has 1 atom stereocenters. The van der Waals surface area contributed by atoms with Crippen molar-refractivity contribution in [2.75, 3.05) is 30.3 Å². The van der Waals surface area contributed by atoms with E-state index in [0.29, 0.717) is 18.2 Å². The number of aromatic nitrogens is 1. The lowest BCUT2D eigenvalue weighted by Crippen LogP contribution is -2.27. The molecule has 116 valence electrons.